The molecule has 0 spiro atoms. The zero-order chi connectivity index (χ0) is 12.4. The van der Waals surface area contributed by atoms with Crippen LogP contribution in [0, 0.1) is 6.92 Å². The van der Waals surface area contributed by atoms with Gasteiger partial charge in [0.25, 0.3) is 0 Å². The Morgan fingerprint density at radius 3 is 2.59 bits per heavy atom. The van der Waals surface area contributed by atoms with Crippen molar-refractivity contribution in [3.8, 4) is 17.0 Å². The average molecular weight is 248 g/mol. The summed E-state index contributed by atoms with van der Waals surface area (Å²) >= 11 is 1.69. The van der Waals surface area contributed by atoms with Crippen LogP contribution < -0.4 is 5.73 Å². The van der Waals surface area contributed by atoms with E-state index < -0.39 is 0 Å². The van der Waals surface area contributed by atoms with Crippen LogP contribution in [-0.4, -0.2) is 16.6 Å². The van der Waals surface area contributed by atoms with Gasteiger partial charge in [0, 0.05) is 22.9 Å². The molecule has 0 aliphatic rings. The van der Waals surface area contributed by atoms with E-state index in [1.54, 1.807) is 23.5 Å². The Bertz CT molecular complexity index is 505. The summed E-state index contributed by atoms with van der Waals surface area (Å²) in [7, 11) is 0. The van der Waals surface area contributed by atoms with Crippen LogP contribution in [0.1, 0.15) is 22.7 Å². The van der Waals surface area contributed by atoms with Crippen LogP contribution in [0.2, 0.25) is 0 Å². The van der Waals surface area contributed by atoms with Crippen molar-refractivity contribution in [1.82, 2.24) is 4.98 Å². The fraction of sp³-hybridized carbons (Fsp3) is 0.308. The van der Waals surface area contributed by atoms with Crippen molar-refractivity contribution in [2.24, 2.45) is 5.73 Å². The van der Waals surface area contributed by atoms with Crippen LogP contribution in [-0.2, 0) is 0 Å². The standard InChI is InChI=1S/C13H16N2OS/c1-8(7-14)13-15-12(9(2)17-13)10-3-5-11(16)6-4-10/h3-6,8,16H,7,14H2,1-2H3. The smallest absolute Gasteiger partial charge is 0.115 e. The summed E-state index contributed by atoms with van der Waals surface area (Å²) in [5, 5.41) is 10.3. The Morgan fingerprint density at radius 2 is 2.00 bits per heavy atom. The number of nitrogens with two attached hydrogens (primary N) is 1. The third-order valence-corrected chi connectivity index (χ3v) is 3.93. The molecule has 4 heteroatoms. The number of phenols is 1. The number of aromatic hydroxyl groups is 1. The zero-order valence-corrected chi connectivity index (χ0v) is 10.8. The molecule has 2 aromatic rings. The molecule has 0 aliphatic heterocycles. The molecule has 1 aromatic carbocycles. The van der Waals surface area contributed by atoms with E-state index >= 15 is 0 Å². The number of benzene rings is 1. The van der Waals surface area contributed by atoms with Gasteiger partial charge < -0.3 is 10.8 Å². The third kappa shape index (κ3) is 2.48. The Kier molecular flexibility index (Phi) is 3.45. The first-order valence-electron chi connectivity index (χ1n) is 5.58. The number of nitrogens with zero attached hydrogens (tertiary/aromatic N) is 1. The summed E-state index contributed by atoms with van der Waals surface area (Å²) in [6.07, 6.45) is 0. The van der Waals surface area contributed by atoms with Crippen LogP contribution in [0.5, 0.6) is 5.75 Å². The second kappa shape index (κ2) is 4.85. The van der Waals surface area contributed by atoms with Gasteiger partial charge in [-0.05, 0) is 31.2 Å². The van der Waals surface area contributed by atoms with E-state index in [1.807, 2.05) is 12.1 Å². The van der Waals surface area contributed by atoms with Crippen LogP contribution >= 0.6 is 11.3 Å². The molecule has 3 N–H and O–H groups in total. The van der Waals surface area contributed by atoms with Crippen molar-refractivity contribution in [1.29, 1.82) is 0 Å². The normalized spacial score (nSPS) is 12.6. The largest absolute Gasteiger partial charge is 0.508 e. The first-order valence-corrected chi connectivity index (χ1v) is 6.40. The number of aromatic nitrogens is 1. The summed E-state index contributed by atoms with van der Waals surface area (Å²) in [6.45, 7) is 4.76. The minimum atomic E-state index is 0.275. The number of hydrogen-bond acceptors (Lipinski definition) is 4. The lowest BCUT2D eigenvalue weighted by Gasteiger charge is -2.02. The zero-order valence-electron chi connectivity index (χ0n) is 9.97. The highest BCUT2D eigenvalue weighted by Crippen LogP contribution is 2.31. The summed E-state index contributed by atoms with van der Waals surface area (Å²) in [6, 6.07) is 7.13. The van der Waals surface area contributed by atoms with Gasteiger partial charge in [0.2, 0.25) is 0 Å². The lowest BCUT2D eigenvalue weighted by Crippen LogP contribution is -2.08. The molecule has 1 unspecified atom stereocenters. The van der Waals surface area contributed by atoms with Crippen molar-refractivity contribution < 1.29 is 5.11 Å². The maximum Gasteiger partial charge on any atom is 0.115 e. The van der Waals surface area contributed by atoms with Gasteiger partial charge in [-0.25, -0.2) is 4.98 Å². The van der Waals surface area contributed by atoms with Crippen molar-refractivity contribution >= 4 is 11.3 Å². The molecule has 0 aliphatic carbocycles. The first kappa shape index (κ1) is 12.1. The molecule has 0 saturated heterocycles. The Morgan fingerprint density at radius 1 is 1.35 bits per heavy atom. The van der Waals surface area contributed by atoms with Crippen LogP contribution in [0.3, 0.4) is 0 Å². The highest BCUT2D eigenvalue weighted by Gasteiger charge is 2.13. The molecule has 0 saturated carbocycles. The third-order valence-electron chi connectivity index (χ3n) is 2.73. The second-order valence-electron chi connectivity index (χ2n) is 4.14. The van der Waals surface area contributed by atoms with Crippen LogP contribution in [0.15, 0.2) is 24.3 Å². The summed E-state index contributed by atoms with van der Waals surface area (Å²) in [5.74, 6) is 0.571. The molecule has 0 fully saturated rings. The molecule has 0 amide bonds. The van der Waals surface area contributed by atoms with Gasteiger partial charge in [0.05, 0.1) is 10.7 Å². The van der Waals surface area contributed by atoms with Crippen molar-refractivity contribution in [2.45, 2.75) is 19.8 Å². The van der Waals surface area contributed by atoms with E-state index in [4.69, 9.17) is 5.73 Å². The maximum absolute atomic E-state index is 9.27. The molecule has 1 aromatic heterocycles. The molecule has 2 rings (SSSR count). The highest BCUT2D eigenvalue weighted by molar-refractivity contribution is 7.12. The fourth-order valence-corrected chi connectivity index (χ4v) is 2.62. The fourth-order valence-electron chi connectivity index (χ4n) is 1.62. The minimum Gasteiger partial charge on any atom is -0.508 e. The molecule has 1 atom stereocenters. The Hall–Kier alpha value is -1.39. The molecular formula is C13H16N2OS. The van der Waals surface area contributed by atoms with E-state index in [2.05, 4.69) is 18.8 Å². The van der Waals surface area contributed by atoms with E-state index in [9.17, 15) is 5.11 Å². The van der Waals surface area contributed by atoms with E-state index in [1.165, 1.54) is 4.88 Å². The Balaban J connectivity index is 2.39. The average Bonchev–Trinajstić information content (AvgIpc) is 2.71. The molecule has 0 radical (unpaired) electrons. The molecule has 17 heavy (non-hydrogen) atoms. The lowest BCUT2D eigenvalue weighted by atomic mass is 10.1. The van der Waals surface area contributed by atoms with Crippen molar-refractivity contribution in [3.05, 3.63) is 34.2 Å². The van der Waals surface area contributed by atoms with Gasteiger partial charge in [0.1, 0.15) is 5.75 Å². The summed E-state index contributed by atoms with van der Waals surface area (Å²) in [4.78, 5) is 5.82. The Labute approximate surface area is 105 Å². The van der Waals surface area contributed by atoms with Gasteiger partial charge in [-0.2, -0.15) is 0 Å². The molecule has 3 nitrogen and oxygen atoms in total. The summed E-state index contributed by atoms with van der Waals surface area (Å²) in [5.41, 5.74) is 7.68. The molecule has 0 bridgehead atoms. The predicted molar refractivity (Wildman–Crippen MR) is 71.4 cm³/mol. The number of hydrogen-bond donors (Lipinski definition) is 2. The topological polar surface area (TPSA) is 59.1 Å². The number of phenolic OH excluding ortho intramolecular Hbond substituents is 1. The predicted octanol–water partition coefficient (Wildman–Crippen LogP) is 2.89. The van der Waals surface area contributed by atoms with Gasteiger partial charge in [0.15, 0.2) is 0 Å². The van der Waals surface area contributed by atoms with E-state index in [-0.39, 0.29) is 5.75 Å². The number of aryl methyl sites for hydroxylation is 1. The second-order valence-corrected chi connectivity index (χ2v) is 5.38. The highest BCUT2D eigenvalue weighted by atomic mass is 32.1. The number of rotatable bonds is 3. The van der Waals surface area contributed by atoms with Crippen molar-refractivity contribution in [3.63, 3.8) is 0 Å². The van der Waals surface area contributed by atoms with Crippen LogP contribution in [0.4, 0.5) is 0 Å². The summed E-state index contributed by atoms with van der Waals surface area (Å²) < 4.78 is 0. The molecule has 90 valence electrons. The molecule has 1 heterocycles. The lowest BCUT2D eigenvalue weighted by molar-refractivity contribution is 0.475. The van der Waals surface area contributed by atoms with Gasteiger partial charge in [-0.15, -0.1) is 11.3 Å². The van der Waals surface area contributed by atoms with Crippen LogP contribution in [0.25, 0.3) is 11.3 Å². The SMILES string of the molecule is Cc1sc(C(C)CN)nc1-c1ccc(O)cc1. The van der Waals surface area contributed by atoms with E-state index in [0.717, 1.165) is 16.3 Å². The minimum absolute atomic E-state index is 0.275. The van der Waals surface area contributed by atoms with Gasteiger partial charge in [-0.3, -0.25) is 0 Å². The number of thiazole rings is 1. The monoisotopic (exact) mass is 248 g/mol. The van der Waals surface area contributed by atoms with Gasteiger partial charge in [-0.1, -0.05) is 6.92 Å². The quantitative estimate of drug-likeness (QED) is 0.878. The van der Waals surface area contributed by atoms with Gasteiger partial charge >= 0.3 is 0 Å². The first-order chi connectivity index (χ1) is 8.11. The van der Waals surface area contributed by atoms with E-state index in [0.29, 0.717) is 12.5 Å². The molecular weight excluding hydrogens is 232 g/mol. The maximum atomic E-state index is 9.27. The van der Waals surface area contributed by atoms with Crippen molar-refractivity contribution in [2.75, 3.05) is 6.54 Å².